The van der Waals surface area contributed by atoms with Gasteiger partial charge in [-0.15, -0.1) is 0 Å². The van der Waals surface area contributed by atoms with Gasteiger partial charge in [0.1, 0.15) is 11.5 Å². The molecule has 0 fully saturated rings. The van der Waals surface area contributed by atoms with Gasteiger partial charge in [-0.25, -0.2) is 0 Å². The molecule has 1 atom stereocenters. The summed E-state index contributed by atoms with van der Waals surface area (Å²) >= 11 is 0. The van der Waals surface area contributed by atoms with E-state index in [1.165, 1.54) is 5.56 Å². The number of para-hydroxylation sites is 1. The maximum atomic E-state index is 9.73. The van der Waals surface area contributed by atoms with Crippen LogP contribution in [-0.2, 0) is 0 Å². The van der Waals surface area contributed by atoms with Crippen LogP contribution in [0.1, 0.15) is 29.7 Å². The summed E-state index contributed by atoms with van der Waals surface area (Å²) in [5.41, 5.74) is 3.12. The van der Waals surface area contributed by atoms with E-state index in [0.717, 1.165) is 16.9 Å². The summed E-state index contributed by atoms with van der Waals surface area (Å²) in [4.78, 5) is 0. The van der Waals surface area contributed by atoms with Crippen molar-refractivity contribution >= 4 is 0 Å². The summed E-state index contributed by atoms with van der Waals surface area (Å²) in [7, 11) is 0. The van der Waals surface area contributed by atoms with E-state index >= 15 is 0 Å². The van der Waals surface area contributed by atoms with Crippen molar-refractivity contribution in [2.45, 2.75) is 26.9 Å². The summed E-state index contributed by atoms with van der Waals surface area (Å²) in [6, 6.07) is 13.5. The van der Waals surface area contributed by atoms with Crippen molar-refractivity contribution in [1.82, 2.24) is 0 Å². The first kappa shape index (κ1) is 12.7. The lowest BCUT2D eigenvalue weighted by molar-refractivity contribution is 0.195. The van der Waals surface area contributed by atoms with Gasteiger partial charge in [0.2, 0.25) is 0 Å². The van der Waals surface area contributed by atoms with Crippen LogP contribution in [0.5, 0.6) is 11.5 Å². The van der Waals surface area contributed by atoms with E-state index in [1.807, 2.05) is 43.3 Å². The second kappa shape index (κ2) is 5.23. The molecular weight excluding hydrogens is 224 g/mol. The van der Waals surface area contributed by atoms with Gasteiger partial charge < -0.3 is 9.84 Å². The maximum Gasteiger partial charge on any atom is 0.133 e. The molecule has 2 heteroatoms. The SMILES string of the molecule is Cc1cccc(Oc2ccccc2C(C)O)c1C. The Labute approximate surface area is 108 Å². The van der Waals surface area contributed by atoms with Gasteiger partial charge in [-0.3, -0.25) is 0 Å². The molecule has 1 N–H and O–H groups in total. The molecule has 0 saturated carbocycles. The smallest absolute Gasteiger partial charge is 0.133 e. The minimum Gasteiger partial charge on any atom is -0.457 e. The van der Waals surface area contributed by atoms with Crippen molar-refractivity contribution in [2.75, 3.05) is 0 Å². The third kappa shape index (κ3) is 2.54. The predicted molar refractivity (Wildman–Crippen MR) is 73.1 cm³/mol. The number of benzene rings is 2. The van der Waals surface area contributed by atoms with E-state index in [4.69, 9.17) is 4.74 Å². The van der Waals surface area contributed by atoms with Crippen molar-refractivity contribution in [3.8, 4) is 11.5 Å². The normalized spacial score (nSPS) is 12.2. The molecular formula is C16H18O2. The maximum absolute atomic E-state index is 9.73. The zero-order chi connectivity index (χ0) is 13.1. The molecule has 2 aromatic carbocycles. The van der Waals surface area contributed by atoms with E-state index in [-0.39, 0.29) is 0 Å². The highest BCUT2D eigenvalue weighted by molar-refractivity contribution is 5.44. The van der Waals surface area contributed by atoms with E-state index in [2.05, 4.69) is 13.0 Å². The lowest BCUT2D eigenvalue weighted by Gasteiger charge is -2.15. The molecule has 2 nitrogen and oxygen atoms in total. The predicted octanol–water partition coefficient (Wildman–Crippen LogP) is 4.15. The van der Waals surface area contributed by atoms with Crippen LogP contribution in [0, 0.1) is 13.8 Å². The number of aliphatic hydroxyl groups excluding tert-OH is 1. The van der Waals surface area contributed by atoms with Crippen LogP contribution >= 0.6 is 0 Å². The van der Waals surface area contributed by atoms with Crippen molar-refractivity contribution in [1.29, 1.82) is 0 Å². The largest absolute Gasteiger partial charge is 0.457 e. The molecule has 0 saturated heterocycles. The number of hydrogen-bond acceptors (Lipinski definition) is 2. The summed E-state index contributed by atoms with van der Waals surface area (Å²) < 4.78 is 5.92. The summed E-state index contributed by atoms with van der Waals surface area (Å²) in [5.74, 6) is 1.55. The number of rotatable bonds is 3. The Bertz CT molecular complexity index is 545. The Morgan fingerprint density at radius 1 is 0.944 bits per heavy atom. The molecule has 0 amide bonds. The fourth-order valence-corrected chi connectivity index (χ4v) is 1.87. The van der Waals surface area contributed by atoms with Gasteiger partial charge in [0.25, 0.3) is 0 Å². The molecule has 0 aliphatic heterocycles. The van der Waals surface area contributed by atoms with Crippen LogP contribution in [0.4, 0.5) is 0 Å². The van der Waals surface area contributed by atoms with E-state index in [0.29, 0.717) is 5.75 Å². The van der Waals surface area contributed by atoms with Gasteiger partial charge >= 0.3 is 0 Å². The van der Waals surface area contributed by atoms with Gasteiger partial charge in [-0.1, -0.05) is 30.3 Å². The van der Waals surface area contributed by atoms with Crippen LogP contribution in [0.3, 0.4) is 0 Å². The summed E-state index contributed by atoms with van der Waals surface area (Å²) in [6.45, 7) is 5.84. The standard InChI is InChI=1S/C16H18O2/c1-11-7-6-10-15(12(11)2)18-16-9-5-4-8-14(16)13(3)17/h4-10,13,17H,1-3H3. The number of ether oxygens (including phenoxy) is 1. The minimum atomic E-state index is -0.536. The first-order valence-corrected chi connectivity index (χ1v) is 6.10. The van der Waals surface area contributed by atoms with Crippen LogP contribution < -0.4 is 4.74 Å². The average molecular weight is 242 g/mol. The van der Waals surface area contributed by atoms with Gasteiger partial charge in [0.15, 0.2) is 0 Å². The molecule has 0 radical (unpaired) electrons. The zero-order valence-corrected chi connectivity index (χ0v) is 11.0. The highest BCUT2D eigenvalue weighted by atomic mass is 16.5. The fraction of sp³-hybridized carbons (Fsp3) is 0.250. The van der Waals surface area contributed by atoms with E-state index in [9.17, 15) is 5.11 Å². The monoisotopic (exact) mass is 242 g/mol. The van der Waals surface area contributed by atoms with E-state index < -0.39 is 6.10 Å². The third-order valence-corrected chi connectivity index (χ3v) is 3.14. The van der Waals surface area contributed by atoms with E-state index in [1.54, 1.807) is 6.92 Å². The average Bonchev–Trinajstić information content (AvgIpc) is 2.35. The van der Waals surface area contributed by atoms with Gasteiger partial charge in [-0.2, -0.15) is 0 Å². The molecule has 2 aromatic rings. The van der Waals surface area contributed by atoms with Crippen molar-refractivity contribution < 1.29 is 9.84 Å². The molecule has 18 heavy (non-hydrogen) atoms. The summed E-state index contributed by atoms with van der Waals surface area (Å²) in [6.07, 6.45) is -0.536. The Balaban J connectivity index is 2.37. The van der Waals surface area contributed by atoms with Gasteiger partial charge in [0.05, 0.1) is 6.10 Å². The second-order valence-electron chi connectivity index (χ2n) is 4.51. The Morgan fingerprint density at radius 3 is 2.33 bits per heavy atom. The lowest BCUT2D eigenvalue weighted by Crippen LogP contribution is -1.97. The third-order valence-electron chi connectivity index (χ3n) is 3.14. The Morgan fingerprint density at radius 2 is 1.61 bits per heavy atom. The van der Waals surface area contributed by atoms with Crippen molar-refractivity contribution in [3.05, 3.63) is 59.2 Å². The highest BCUT2D eigenvalue weighted by Crippen LogP contribution is 2.31. The molecule has 0 bridgehead atoms. The fourth-order valence-electron chi connectivity index (χ4n) is 1.87. The Kier molecular flexibility index (Phi) is 3.68. The van der Waals surface area contributed by atoms with Crippen molar-refractivity contribution in [2.24, 2.45) is 0 Å². The molecule has 0 aromatic heterocycles. The van der Waals surface area contributed by atoms with Crippen LogP contribution in [0.25, 0.3) is 0 Å². The molecule has 2 rings (SSSR count). The number of aliphatic hydroxyl groups is 1. The van der Waals surface area contributed by atoms with Crippen molar-refractivity contribution in [3.63, 3.8) is 0 Å². The quantitative estimate of drug-likeness (QED) is 0.876. The summed E-state index contributed by atoms with van der Waals surface area (Å²) in [5, 5.41) is 9.73. The number of aryl methyl sites for hydroxylation is 1. The first-order chi connectivity index (χ1) is 8.59. The minimum absolute atomic E-state index is 0.536. The van der Waals surface area contributed by atoms with Gasteiger partial charge in [-0.05, 0) is 44.0 Å². The van der Waals surface area contributed by atoms with Crippen LogP contribution in [0.2, 0.25) is 0 Å². The topological polar surface area (TPSA) is 29.5 Å². The van der Waals surface area contributed by atoms with Crippen LogP contribution in [0.15, 0.2) is 42.5 Å². The molecule has 94 valence electrons. The molecule has 1 unspecified atom stereocenters. The van der Waals surface area contributed by atoms with Crippen LogP contribution in [-0.4, -0.2) is 5.11 Å². The lowest BCUT2D eigenvalue weighted by atomic mass is 10.1. The molecule has 0 aliphatic rings. The first-order valence-electron chi connectivity index (χ1n) is 6.10. The highest BCUT2D eigenvalue weighted by Gasteiger charge is 2.10. The van der Waals surface area contributed by atoms with Gasteiger partial charge in [0, 0.05) is 5.56 Å². The number of hydrogen-bond donors (Lipinski definition) is 1. The molecule has 0 spiro atoms. The molecule has 0 heterocycles. The second-order valence-corrected chi connectivity index (χ2v) is 4.51. The molecule has 0 aliphatic carbocycles. The Hall–Kier alpha value is -1.80. The zero-order valence-electron chi connectivity index (χ0n) is 11.0.